The van der Waals surface area contributed by atoms with Gasteiger partial charge in [0.1, 0.15) is 17.2 Å². The summed E-state index contributed by atoms with van der Waals surface area (Å²) in [5.41, 5.74) is 3.33. The fourth-order valence-electron chi connectivity index (χ4n) is 1.94. The molecule has 1 heterocycles. The number of hydrogen-bond acceptors (Lipinski definition) is 3. The van der Waals surface area contributed by atoms with Gasteiger partial charge in [0, 0.05) is 12.1 Å². The summed E-state index contributed by atoms with van der Waals surface area (Å²) in [6.07, 6.45) is 0. The minimum Gasteiger partial charge on any atom is -0.378 e. The molecule has 0 aliphatic rings. The van der Waals surface area contributed by atoms with Gasteiger partial charge in [-0.15, -0.1) is 11.3 Å². The van der Waals surface area contributed by atoms with Gasteiger partial charge in [0.15, 0.2) is 0 Å². The Hall–Kier alpha value is -1.72. The summed E-state index contributed by atoms with van der Waals surface area (Å²) in [5, 5.41) is 3.53. The molecule has 0 radical (unpaired) electrons. The quantitative estimate of drug-likeness (QED) is 0.748. The summed E-state index contributed by atoms with van der Waals surface area (Å²) in [6.45, 7) is 0.139. The molecule has 20 heavy (non-hydrogen) atoms. The van der Waals surface area contributed by atoms with E-state index in [4.69, 9.17) is 11.6 Å². The average molecular weight is 311 g/mol. The minimum atomic E-state index is -0.471. The van der Waals surface area contributed by atoms with Gasteiger partial charge < -0.3 is 5.32 Å². The largest absolute Gasteiger partial charge is 0.378 e. The summed E-state index contributed by atoms with van der Waals surface area (Å²) in [5.74, 6) is -0.929. The Morgan fingerprint density at radius 3 is 2.90 bits per heavy atom. The molecule has 0 atom stereocenters. The molecule has 0 saturated heterocycles. The summed E-state index contributed by atoms with van der Waals surface area (Å²) in [6, 6.07) is 7.00. The molecule has 3 rings (SSSR count). The summed E-state index contributed by atoms with van der Waals surface area (Å²) >= 11 is 7.63. The Bertz CT molecular complexity index is 773. The number of anilines is 1. The van der Waals surface area contributed by atoms with Crippen LogP contribution in [-0.4, -0.2) is 4.98 Å². The van der Waals surface area contributed by atoms with E-state index < -0.39 is 11.6 Å². The molecule has 0 bridgehead atoms. The van der Waals surface area contributed by atoms with Crippen molar-refractivity contribution >= 4 is 38.8 Å². The van der Waals surface area contributed by atoms with Gasteiger partial charge >= 0.3 is 0 Å². The van der Waals surface area contributed by atoms with Crippen molar-refractivity contribution in [1.82, 2.24) is 4.98 Å². The van der Waals surface area contributed by atoms with Gasteiger partial charge in [0.2, 0.25) is 0 Å². The second-order valence-corrected chi connectivity index (χ2v) is 5.50. The molecule has 2 nitrogen and oxygen atoms in total. The highest BCUT2D eigenvalue weighted by Crippen LogP contribution is 2.32. The molecule has 3 aromatic rings. The van der Waals surface area contributed by atoms with Crippen LogP contribution in [0.25, 0.3) is 10.2 Å². The first-order chi connectivity index (χ1) is 9.65. The van der Waals surface area contributed by atoms with E-state index in [2.05, 4.69) is 10.3 Å². The number of thiazole rings is 1. The molecule has 1 N–H and O–H groups in total. The van der Waals surface area contributed by atoms with E-state index >= 15 is 0 Å². The zero-order chi connectivity index (χ0) is 14.1. The standard InChI is InChI=1S/C14H9ClF2N2S/c15-10-2-4-12-14(19-7-20-12)13(10)18-6-8-5-9(16)1-3-11(8)17/h1-5,7,18H,6H2. The summed E-state index contributed by atoms with van der Waals surface area (Å²) in [4.78, 5) is 4.24. The van der Waals surface area contributed by atoms with Crippen molar-refractivity contribution in [2.75, 3.05) is 5.32 Å². The smallest absolute Gasteiger partial charge is 0.128 e. The maximum Gasteiger partial charge on any atom is 0.128 e. The highest BCUT2D eigenvalue weighted by molar-refractivity contribution is 7.16. The molecule has 0 spiro atoms. The number of nitrogens with zero attached hydrogens (tertiary/aromatic N) is 1. The van der Waals surface area contributed by atoms with E-state index in [1.54, 1.807) is 11.6 Å². The zero-order valence-electron chi connectivity index (χ0n) is 10.2. The Morgan fingerprint density at radius 2 is 2.05 bits per heavy atom. The topological polar surface area (TPSA) is 24.9 Å². The van der Waals surface area contributed by atoms with E-state index in [9.17, 15) is 8.78 Å². The molecule has 0 aliphatic heterocycles. The first-order valence-corrected chi connectivity index (χ1v) is 7.10. The van der Waals surface area contributed by atoms with Crippen molar-refractivity contribution in [1.29, 1.82) is 0 Å². The summed E-state index contributed by atoms with van der Waals surface area (Å²) < 4.78 is 27.7. The van der Waals surface area contributed by atoms with Crippen LogP contribution >= 0.6 is 22.9 Å². The number of fused-ring (bicyclic) bond motifs is 1. The number of benzene rings is 2. The molecule has 2 aromatic carbocycles. The van der Waals surface area contributed by atoms with E-state index in [0.717, 1.165) is 28.4 Å². The van der Waals surface area contributed by atoms with Crippen LogP contribution in [0.15, 0.2) is 35.8 Å². The van der Waals surface area contributed by atoms with Gasteiger partial charge in [-0.05, 0) is 30.3 Å². The fourth-order valence-corrected chi connectivity index (χ4v) is 2.84. The second kappa shape index (κ2) is 5.34. The zero-order valence-corrected chi connectivity index (χ0v) is 11.7. The maximum absolute atomic E-state index is 13.6. The van der Waals surface area contributed by atoms with Gasteiger partial charge in [0.05, 0.1) is 20.9 Å². The third kappa shape index (κ3) is 2.46. The lowest BCUT2D eigenvalue weighted by molar-refractivity contribution is 0.587. The monoisotopic (exact) mass is 310 g/mol. The molecular formula is C14H9ClF2N2S. The van der Waals surface area contributed by atoms with Gasteiger partial charge in [-0.2, -0.15) is 0 Å². The highest BCUT2D eigenvalue weighted by atomic mass is 35.5. The number of nitrogens with one attached hydrogen (secondary N) is 1. The molecule has 6 heteroatoms. The lowest BCUT2D eigenvalue weighted by Gasteiger charge is -2.10. The third-order valence-corrected chi connectivity index (χ3v) is 4.02. The Labute approximate surface area is 123 Å². The van der Waals surface area contributed by atoms with Crippen molar-refractivity contribution in [3.63, 3.8) is 0 Å². The molecule has 0 aliphatic carbocycles. The van der Waals surface area contributed by atoms with Gasteiger partial charge in [-0.25, -0.2) is 13.8 Å². The van der Waals surface area contributed by atoms with Crippen molar-refractivity contribution in [2.45, 2.75) is 6.54 Å². The van der Waals surface area contributed by atoms with E-state index in [-0.39, 0.29) is 12.1 Å². The van der Waals surface area contributed by atoms with E-state index in [0.29, 0.717) is 10.7 Å². The van der Waals surface area contributed by atoms with Gasteiger partial charge in [-0.1, -0.05) is 11.6 Å². The highest BCUT2D eigenvalue weighted by Gasteiger charge is 2.10. The third-order valence-electron chi connectivity index (χ3n) is 2.91. The number of halogens is 3. The van der Waals surface area contributed by atoms with Crippen molar-refractivity contribution in [2.24, 2.45) is 0 Å². The van der Waals surface area contributed by atoms with Crippen LogP contribution in [0.4, 0.5) is 14.5 Å². The van der Waals surface area contributed by atoms with Crippen LogP contribution in [-0.2, 0) is 6.54 Å². The van der Waals surface area contributed by atoms with Crippen LogP contribution in [0.1, 0.15) is 5.56 Å². The molecular weight excluding hydrogens is 302 g/mol. The lowest BCUT2D eigenvalue weighted by atomic mass is 10.2. The molecule has 0 amide bonds. The Balaban J connectivity index is 1.92. The van der Waals surface area contributed by atoms with Gasteiger partial charge in [-0.3, -0.25) is 0 Å². The normalized spacial score (nSPS) is 10.9. The first kappa shape index (κ1) is 13.3. The number of aromatic nitrogens is 1. The molecule has 102 valence electrons. The fraction of sp³-hybridized carbons (Fsp3) is 0.0714. The van der Waals surface area contributed by atoms with E-state index in [1.807, 2.05) is 6.07 Å². The van der Waals surface area contributed by atoms with Crippen LogP contribution in [0, 0.1) is 11.6 Å². The Morgan fingerprint density at radius 1 is 1.20 bits per heavy atom. The predicted molar refractivity (Wildman–Crippen MR) is 78.3 cm³/mol. The Kier molecular flexibility index (Phi) is 3.54. The first-order valence-electron chi connectivity index (χ1n) is 5.84. The molecule has 1 aromatic heterocycles. The number of hydrogen-bond donors (Lipinski definition) is 1. The van der Waals surface area contributed by atoms with Gasteiger partial charge in [0.25, 0.3) is 0 Å². The van der Waals surface area contributed by atoms with Crippen LogP contribution < -0.4 is 5.32 Å². The second-order valence-electron chi connectivity index (χ2n) is 4.21. The molecule has 0 saturated carbocycles. The van der Waals surface area contributed by atoms with Crippen LogP contribution in [0.5, 0.6) is 0 Å². The summed E-state index contributed by atoms with van der Waals surface area (Å²) in [7, 11) is 0. The minimum absolute atomic E-state index is 0.139. The van der Waals surface area contributed by atoms with Crippen molar-refractivity contribution in [3.05, 3.63) is 58.1 Å². The predicted octanol–water partition coefficient (Wildman–Crippen LogP) is 4.84. The van der Waals surface area contributed by atoms with Crippen LogP contribution in [0.2, 0.25) is 5.02 Å². The lowest BCUT2D eigenvalue weighted by Crippen LogP contribution is -2.03. The molecule has 0 unspecified atom stereocenters. The SMILES string of the molecule is Fc1ccc(F)c(CNc2c(Cl)ccc3scnc23)c1. The average Bonchev–Trinajstić information content (AvgIpc) is 2.90. The van der Waals surface area contributed by atoms with Crippen LogP contribution in [0.3, 0.4) is 0 Å². The van der Waals surface area contributed by atoms with Crippen molar-refractivity contribution < 1.29 is 8.78 Å². The van der Waals surface area contributed by atoms with E-state index in [1.165, 1.54) is 11.3 Å². The molecule has 0 fully saturated rings. The van der Waals surface area contributed by atoms with Crippen molar-refractivity contribution in [3.8, 4) is 0 Å². The number of rotatable bonds is 3. The maximum atomic E-state index is 13.6.